The molecule has 0 saturated carbocycles. The Hall–Kier alpha value is -3.44. The minimum absolute atomic E-state index is 0.0310. The molecule has 11 heteroatoms. The molecule has 32 heavy (non-hydrogen) atoms. The molecule has 0 saturated heterocycles. The van der Waals surface area contributed by atoms with Gasteiger partial charge in [-0.2, -0.15) is 0 Å². The van der Waals surface area contributed by atoms with Gasteiger partial charge >= 0.3 is 6.09 Å². The number of nitro benzene ring substituents is 1. The third-order valence-corrected chi connectivity index (χ3v) is 4.69. The Kier molecular flexibility index (Phi) is 7.11. The molecule has 1 N–H and O–H groups in total. The van der Waals surface area contributed by atoms with Gasteiger partial charge in [0, 0.05) is 12.1 Å². The average molecular weight is 458 g/mol. The highest BCUT2D eigenvalue weighted by Gasteiger charge is 2.25. The first-order chi connectivity index (χ1) is 15.1. The Bertz CT molecular complexity index is 1130. The molecule has 3 aromatic rings. The van der Waals surface area contributed by atoms with Crippen molar-refractivity contribution in [1.82, 2.24) is 20.3 Å². The maximum atomic E-state index is 12.4. The van der Waals surface area contributed by atoms with Crippen molar-refractivity contribution in [3.05, 3.63) is 64.2 Å². The van der Waals surface area contributed by atoms with Gasteiger partial charge < -0.3 is 14.8 Å². The van der Waals surface area contributed by atoms with Crippen molar-refractivity contribution >= 4 is 40.0 Å². The van der Waals surface area contributed by atoms with Gasteiger partial charge in [-0.05, 0) is 32.4 Å². The molecule has 2 aromatic carbocycles. The second-order valence-corrected chi connectivity index (χ2v) is 8.39. The number of carbonyl (C=O) groups is 1. The summed E-state index contributed by atoms with van der Waals surface area (Å²) in [4.78, 5) is 23.2. The van der Waals surface area contributed by atoms with Crippen LogP contribution in [0.25, 0.3) is 11.0 Å². The fourth-order valence-electron chi connectivity index (χ4n) is 2.82. The minimum atomic E-state index is -0.798. The summed E-state index contributed by atoms with van der Waals surface area (Å²) in [6.07, 6.45) is -0.677. The van der Waals surface area contributed by atoms with Crippen LogP contribution in [0, 0.1) is 10.1 Å². The molecule has 0 aliphatic heterocycles. The molecule has 0 bridgehead atoms. The van der Waals surface area contributed by atoms with Crippen molar-refractivity contribution in [3.63, 3.8) is 0 Å². The van der Waals surface area contributed by atoms with Crippen LogP contribution in [-0.2, 0) is 16.1 Å². The lowest BCUT2D eigenvalue weighted by atomic mass is 10.2. The highest BCUT2D eigenvalue weighted by atomic mass is 32.1. The van der Waals surface area contributed by atoms with E-state index in [1.807, 2.05) is 30.3 Å². The predicted octanol–water partition coefficient (Wildman–Crippen LogP) is 3.63. The first kappa shape index (κ1) is 23.2. The van der Waals surface area contributed by atoms with E-state index in [0.29, 0.717) is 17.6 Å². The van der Waals surface area contributed by atoms with Crippen LogP contribution in [-0.4, -0.2) is 49.2 Å². The van der Waals surface area contributed by atoms with E-state index in [9.17, 15) is 14.9 Å². The smallest absolute Gasteiger partial charge is 0.408 e. The molecule has 0 aliphatic rings. The van der Waals surface area contributed by atoms with Crippen LogP contribution in [0.5, 0.6) is 0 Å². The summed E-state index contributed by atoms with van der Waals surface area (Å²) in [6.45, 7) is 5.57. The average Bonchev–Trinajstić information content (AvgIpc) is 3.15. The van der Waals surface area contributed by atoms with E-state index in [4.69, 9.17) is 21.7 Å². The first-order valence-electron chi connectivity index (χ1n) is 9.79. The van der Waals surface area contributed by atoms with Gasteiger partial charge in [-0.3, -0.25) is 10.1 Å². The topological polar surface area (TPSA) is 121 Å². The fourth-order valence-corrected chi connectivity index (χ4v) is 3.09. The molecule has 10 nitrogen and oxygen atoms in total. The number of benzene rings is 2. The molecule has 0 spiro atoms. The number of rotatable bonds is 7. The lowest BCUT2D eigenvalue weighted by Crippen LogP contribution is -2.47. The third-order valence-electron chi connectivity index (χ3n) is 4.23. The third kappa shape index (κ3) is 6.05. The van der Waals surface area contributed by atoms with Gasteiger partial charge in [-0.1, -0.05) is 47.8 Å². The van der Waals surface area contributed by atoms with E-state index < -0.39 is 22.7 Å². The van der Waals surface area contributed by atoms with Gasteiger partial charge in [0.15, 0.2) is 0 Å². The highest BCUT2D eigenvalue weighted by molar-refractivity contribution is 7.80. The van der Waals surface area contributed by atoms with Gasteiger partial charge in [-0.15, -0.1) is 5.10 Å². The monoisotopic (exact) mass is 457 g/mol. The molecule has 1 atom stereocenters. The predicted molar refractivity (Wildman–Crippen MR) is 121 cm³/mol. The molecular formula is C21H23N5O5S. The molecule has 1 unspecified atom stereocenters. The number of ether oxygens (including phenoxy) is 2. The highest BCUT2D eigenvalue weighted by Crippen LogP contribution is 2.19. The molecule has 0 fully saturated rings. The molecule has 3 rings (SSSR count). The number of hydrogen-bond donors (Lipinski definition) is 1. The van der Waals surface area contributed by atoms with Crippen molar-refractivity contribution in [2.45, 2.75) is 39.0 Å². The number of aromatic nitrogens is 3. The molecular weight excluding hydrogens is 434 g/mol. The van der Waals surface area contributed by atoms with Gasteiger partial charge in [0.05, 0.1) is 18.1 Å². The summed E-state index contributed by atoms with van der Waals surface area (Å²) < 4.78 is 12.4. The summed E-state index contributed by atoms with van der Waals surface area (Å²) >= 11 is 5.56. The number of fused-ring (bicyclic) bond motifs is 1. The number of non-ortho nitro benzene ring substituents is 1. The quantitative estimate of drug-likeness (QED) is 0.324. The maximum absolute atomic E-state index is 12.4. The SMILES string of the molecule is CC(C)(C)OC(=O)NC(COCc1ccccc1)C(=S)n1nnc2ccc([N+](=O)[O-])cc21. The summed E-state index contributed by atoms with van der Waals surface area (Å²) in [5.41, 5.74) is 0.904. The standard InChI is InChI=1S/C21H23N5O5S/c1-21(2,3)31-20(27)22-17(13-30-12-14-7-5-4-6-8-14)19(32)25-18-11-15(26(28)29)9-10-16(18)23-24-25/h4-11,17H,12-13H2,1-3H3,(H,22,27). The van der Waals surface area contributed by atoms with Gasteiger partial charge in [0.25, 0.3) is 5.69 Å². The number of alkyl carbamates (subject to hydrolysis) is 1. The number of thiocarbonyl (C=S) groups is 1. The minimum Gasteiger partial charge on any atom is -0.444 e. The van der Waals surface area contributed by atoms with Crippen molar-refractivity contribution in [1.29, 1.82) is 0 Å². The van der Waals surface area contributed by atoms with Crippen LogP contribution in [0.4, 0.5) is 10.5 Å². The van der Waals surface area contributed by atoms with Crippen LogP contribution in [0.3, 0.4) is 0 Å². The van der Waals surface area contributed by atoms with E-state index >= 15 is 0 Å². The summed E-state index contributed by atoms with van der Waals surface area (Å²) in [7, 11) is 0. The zero-order valence-corrected chi connectivity index (χ0v) is 18.7. The van der Waals surface area contributed by atoms with E-state index in [0.717, 1.165) is 5.56 Å². The van der Waals surface area contributed by atoms with E-state index in [-0.39, 0.29) is 17.3 Å². The number of amides is 1. The normalized spacial score (nSPS) is 12.3. The van der Waals surface area contributed by atoms with E-state index in [1.165, 1.54) is 22.9 Å². The largest absolute Gasteiger partial charge is 0.444 e. The number of nitrogens with one attached hydrogen (secondary N) is 1. The molecule has 1 aromatic heterocycles. The molecule has 0 radical (unpaired) electrons. The summed E-state index contributed by atoms with van der Waals surface area (Å²) in [5.74, 6) is 0. The van der Waals surface area contributed by atoms with Crippen LogP contribution >= 0.6 is 12.2 Å². The van der Waals surface area contributed by atoms with Crippen LogP contribution < -0.4 is 5.32 Å². The summed E-state index contributed by atoms with van der Waals surface area (Å²) in [5, 5.41) is 21.9. The Labute approximate surface area is 189 Å². The lowest BCUT2D eigenvalue weighted by molar-refractivity contribution is -0.384. The Morgan fingerprint density at radius 3 is 2.62 bits per heavy atom. The zero-order chi connectivity index (χ0) is 23.3. The Morgan fingerprint density at radius 2 is 1.97 bits per heavy atom. The number of carbonyl (C=O) groups excluding carboxylic acids is 1. The number of hydrogen-bond acceptors (Lipinski definition) is 8. The molecule has 0 aliphatic carbocycles. The van der Waals surface area contributed by atoms with Crippen molar-refractivity contribution in [3.8, 4) is 0 Å². The van der Waals surface area contributed by atoms with E-state index in [1.54, 1.807) is 20.8 Å². The molecule has 1 amide bonds. The summed E-state index contributed by atoms with van der Waals surface area (Å²) in [6, 6.07) is 12.9. The van der Waals surface area contributed by atoms with Crippen molar-refractivity contribution < 1.29 is 19.2 Å². The number of nitrogens with zero attached hydrogens (tertiary/aromatic N) is 4. The second kappa shape index (κ2) is 9.79. The van der Waals surface area contributed by atoms with Gasteiger partial charge in [-0.25, -0.2) is 9.48 Å². The zero-order valence-electron chi connectivity index (χ0n) is 17.8. The maximum Gasteiger partial charge on any atom is 0.408 e. The van der Waals surface area contributed by atoms with Crippen molar-refractivity contribution in [2.75, 3.05) is 6.61 Å². The second-order valence-electron chi connectivity index (χ2n) is 7.97. The van der Waals surface area contributed by atoms with E-state index in [2.05, 4.69) is 15.6 Å². The van der Waals surface area contributed by atoms with Crippen LogP contribution in [0.1, 0.15) is 26.3 Å². The number of nitro groups is 1. The van der Waals surface area contributed by atoms with Crippen molar-refractivity contribution in [2.24, 2.45) is 0 Å². The fraction of sp³-hybridized carbons (Fsp3) is 0.333. The lowest BCUT2D eigenvalue weighted by Gasteiger charge is -2.24. The Morgan fingerprint density at radius 1 is 1.25 bits per heavy atom. The van der Waals surface area contributed by atoms with Crippen LogP contribution in [0.15, 0.2) is 48.5 Å². The van der Waals surface area contributed by atoms with Gasteiger partial charge in [0.1, 0.15) is 27.7 Å². The van der Waals surface area contributed by atoms with Gasteiger partial charge in [0.2, 0.25) is 0 Å². The molecule has 1 heterocycles. The molecule has 168 valence electrons. The Balaban J connectivity index is 1.83. The van der Waals surface area contributed by atoms with Crippen LogP contribution in [0.2, 0.25) is 0 Å². The first-order valence-corrected chi connectivity index (χ1v) is 10.2.